The summed E-state index contributed by atoms with van der Waals surface area (Å²) in [5, 5.41) is 5.14. The Hall–Kier alpha value is -1.97. The summed E-state index contributed by atoms with van der Waals surface area (Å²) in [6.07, 6.45) is 0.471. The summed E-state index contributed by atoms with van der Waals surface area (Å²) in [6.45, 7) is 7.11. The zero-order valence-corrected chi connectivity index (χ0v) is 17.0. The molecule has 2 heterocycles. The number of hydrogen-bond donors (Lipinski definition) is 0. The highest BCUT2D eigenvalue weighted by Crippen LogP contribution is 2.22. The van der Waals surface area contributed by atoms with Gasteiger partial charge in [0.2, 0.25) is 5.91 Å². The largest absolute Gasteiger partial charge is 0.451 e. The predicted molar refractivity (Wildman–Crippen MR) is 98.7 cm³/mol. The van der Waals surface area contributed by atoms with Gasteiger partial charge in [0.15, 0.2) is 16.4 Å². The zero-order chi connectivity index (χ0) is 20.4. The van der Waals surface area contributed by atoms with Crippen molar-refractivity contribution in [1.29, 1.82) is 0 Å². The molecular formula is C17H27N3O6S. The van der Waals surface area contributed by atoms with Gasteiger partial charge < -0.3 is 9.64 Å². The van der Waals surface area contributed by atoms with Gasteiger partial charge in [0, 0.05) is 24.9 Å². The van der Waals surface area contributed by atoms with Crippen molar-refractivity contribution in [3.05, 3.63) is 0 Å². The van der Waals surface area contributed by atoms with Crippen LogP contribution in [-0.4, -0.2) is 78.1 Å². The van der Waals surface area contributed by atoms with Crippen molar-refractivity contribution in [3.8, 4) is 0 Å². The fourth-order valence-electron chi connectivity index (χ4n) is 3.43. The van der Waals surface area contributed by atoms with Crippen molar-refractivity contribution < 1.29 is 27.5 Å². The molecule has 0 aromatic heterocycles. The molecule has 0 aromatic rings. The molecule has 2 amide bonds. The summed E-state index contributed by atoms with van der Waals surface area (Å²) >= 11 is 0. The van der Waals surface area contributed by atoms with Crippen LogP contribution in [-0.2, 0) is 29.0 Å². The highest BCUT2D eigenvalue weighted by atomic mass is 32.2. The average molecular weight is 401 g/mol. The van der Waals surface area contributed by atoms with Crippen LogP contribution in [0, 0.1) is 0 Å². The molecule has 2 aliphatic heterocycles. The van der Waals surface area contributed by atoms with Gasteiger partial charge in [-0.2, -0.15) is 5.10 Å². The molecule has 0 N–H and O–H groups in total. The lowest BCUT2D eigenvalue weighted by Gasteiger charge is -2.30. The first-order valence-electron chi connectivity index (χ1n) is 9.10. The summed E-state index contributed by atoms with van der Waals surface area (Å²) in [5.41, 5.74) is 0.0346. The van der Waals surface area contributed by atoms with Crippen LogP contribution in [0.3, 0.4) is 0 Å². The van der Waals surface area contributed by atoms with E-state index in [0.717, 1.165) is 5.01 Å². The molecule has 9 nitrogen and oxygen atoms in total. The summed E-state index contributed by atoms with van der Waals surface area (Å²) < 4.78 is 28.4. The first-order valence-corrected chi connectivity index (χ1v) is 10.9. The van der Waals surface area contributed by atoms with Crippen LogP contribution in [0.15, 0.2) is 5.10 Å². The number of esters is 1. The van der Waals surface area contributed by atoms with E-state index >= 15 is 0 Å². The number of hydrazone groups is 1. The van der Waals surface area contributed by atoms with Crippen molar-refractivity contribution in [2.45, 2.75) is 65.1 Å². The van der Waals surface area contributed by atoms with Gasteiger partial charge in [0.1, 0.15) is 5.71 Å². The van der Waals surface area contributed by atoms with Gasteiger partial charge >= 0.3 is 5.97 Å². The van der Waals surface area contributed by atoms with Gasteiger partial charge in [-0.1, -0.05) is 0 Å². The lowest BCUT2D eigenvalue weighted by atomic mass is 10.1. The van der Waals surface area contributed by atoms with Gasteiger partial charge in [-0.15, -0.1) is 0 Å². The van der Waals surface area contributed by atoms with E-state index in [0.29, 0.717) is 6.42 Å². The lowest BCUT2D eigenvalue weighted by Crippen LogP contribution is -2.45. The van der Waals surface area contributed by atoms with Crippen molar-refractivity contribution in [2.75, 3.05) is 18.1 Å². The Morgan fingerprint density at radius 2 is 1.85 bits per heavy atom. The van der Waals surface area contributed by atoms with Gasteiger partial charge in [0.05, 0.1) is 17.5 Å². The third-order valence-corrected chi connectivity index (χ3v) is 6.33. The number of amides is 2. The molecule has 1 atom stereocenters. The van der Waals surface area contributed by atoms with Crippen molar-refractivity contribution >= 4 is 33.3 Å². The second-order valence-electron chi connectivity index (χ2n) is 7.41. The summed E-state index contributed by atoms with van der Waals surface area (Å²) in [6, 6.07) is -0.606. The highest BCUT2D eigenvalue weighted by molar-refractivity contribution is 7.91. The van der Waals surface area contributed by atoms with Crippen LogP contribution < -0.4 is 0 Å². The first kappa shape index (κ1) is 21.3. The molecule has 10 heteroatoms. The topological polar surface area (TPSA) is 113 Å². The fourth-order valence-corrected chi connectivity index (χ4v) is 5.12. The van der Waals surface area contributed by atoms with Crippen molar-refractivity contribution in [3.63, 3.8) is 0 Å². The van der Waals surface area contributed by atoms with Gasteiger partial charge in [-0.25, -0.2) is 18.2 Å². The number of carbonyl (C=O) groups is 3. The molecular weight excluding hydrogens is 374 g/mol. The monoisotopic (exact) mass is 401 g/mol. The number of ether oxygens (including phenoxy) is 1. The standard InChI is InChI=1S/C17H27N3O6S/c1-11(2)19(12(3)4)16(22)9-26-17(23)14-5-6-15(21)20(18-14)13-7-8-27(24,25)10-13/h11-13H,5-10H2,1-4H3/t13-/m1/s1. The number of hydrogen-bond acceptors (Lipinski definition) is 7. The van der Waals surface area contributed by atoms with Crippen LogP contribution >= 0.6 is 0 Å². The molecule has 27 heavy (non-hydrogen) atoms. The Kier molecular flexibility index (Phi) is 6.61. The molecule has 1 fully saturated rings. The number of nitrogens with zero attached hydrogens (tertiary/aromatic N) is 3. The molecule has 152 valence electrons. The number of rotatable bonds is 6. The highest BCUT2D eigenvalue weighted by Gasteiger charge is 2.37. The van der Waals surface area contributed by atoms with Gasteiger partial charge in [0.25, 0.3) is 5.91 Å². The third-order valence-electron chi connectivity index (χ3n) is 4.58. The van der Waals surface area contributed by atoms with Crippen molar-refractivity contribution in [1.82, 2.24) is 9.91 Å². The minimum absolute atomic E-state index is 0.00544. The van der Waals surface area contributed by atoms with E-state index in [9.17, 15) is 22.8 Å². The maximum Gasteiger partial charge on any atom is 0.355 e. The minimum atomic E-state index is -3.18. The van der Waals surface area contributed by atoms with Gasteiger partial charge in [-0.05, 0) is 34.1 Å². The Labute approximate surface area is 159 Å². The van der Waals surface area contributed by atoms with E-state index in [2.05, 4.69) is 5.10 Å². The van der Waals surface area contributed by atoms with Crippen LogP contribution in [0.2, 0.25) is 0 Å². The lowest BCUT2D eigenvalue weighted by molar-refractivity contribution is -0.149. The summed E-state index contributed by atoms with van der Waals surface area (Å²) in [4.78, 5) is 38.3. The van der Waals surface area contributed by atoms with E-state index in [1.807, 2.05) is 27.7 Å². The molecule has 0 unspecified atom stereocenters. The molecule has 2 rings (SSSR count). The first-order chi connectivity index (χ1) is 12.5. The zero-order valence-electron chi connectivity index (χ0n) is 16.2. The molecule has 0 saturated carbocycles. The van der Waals surface area contributed by atoms with E-state index in [-0.39, 0.29) is 54.0 Å². The van der Waals surface area contributed by atoms with Crippen LogP contribution in [0.5, 0.6) is 0 Å². The molecule has 0 spiro atoms. The maximum atomic E-state index is 12.3. The van der Waals surface area contributed by atoms with Crippen LogP contribution in [0.1, 0.15) is 47.0 Å². The maximum absolute atomic E-state index is 12.3. The van der Waals surface area contributed by atoms with Gasteiger partial charge in [-0.3, -0.25) is 9.59 Å². The molecule has 1 saturated heterocycles. The van der Waals surface area contributed by atoms with Crippen LogP contribution in [0.25, 0.3) is 0 Å². The Bertz CT molecular complexity index is 736. The number of carbonyl (C=O) groups excluding carboxylic acids is 3. The SMILES string of the molecule is CC(C)N(C(=O)COC(=O)C1=NN([C@@H]2CCS(=O)(=O)C2)C(=O)CC1)C(C)C. The second-order valence-corrected chi connectivity index (χ2v) is 9.64. The van der Waals surface area contributed by atoms with E-state index < -0.39 is 28.5 Å². The second kappa shape index (κ2) is 8.37. The van der Waals surface area contributed by atoms with E-state index in [1.165, 1.54) is 0 Å². The Morgan fingerprint density at radius 1 is 1.22 bits per heavy atom. The molecule has 0 bridgehead atoms. The smallest absolute Gasteiger partial charge is 0.355 e. The normalized spacial score (nSPS) is 22.1. The van der Waals surface area contributed by atoms with Crippen molar-refractivity contribution in [2.24, 2.45) is 5.10 Å². The third kappa shape index (κ3) is 5.27. The molecule has 0 radical (unpaired) electrons. The Morgan fingerprint density at radius 3 is 2.37 bits per heavy atom. The predicted octanol–water partition coefficient (Wildman–Crippen LogP) is 0.341. The minimum Gasteiger partial charge on any atom is -0.451 e. The van der Waals surface area contributed by atoms with Crippen LogP contribution in [0.4, 0.5) is 0 Å². The average Bonchev–Trinajstić information content (AvgIpc) is 2.92. The quantitative estimate of drug-likeness (QED) is 0.593. The fraction of sp³-hybridized carbons (Fsp3) is 0.765. The molecule has 0 aromatic carbocycles. The summed E-state index contributed by atoms with van der Waals surface area (Å²) in [5.74, 6) is -1.52. The Balaban J connectivity index is 2.02. The summed E-state index contributed by atoms with van der Waals surface area (Å²) in [7, 11) is -3.18. The number of sulfone groups is 1. The van der Waals surface area contributed by atoms with E-state index in [1.54, 1.807) is 4.90 Å². The van der Waals surface area contributed by atoms with E-state index in [4.69, 9.17) is 4.74 Å². The molecule has 2 aliphatic rings. The molecule has 0 aliphatic carbocycles.